The molecule has 2 heterocycles. The summed E-state index contributed by atoms with van der Waals surface area (Å²) in [5, 5.41) is 12.1. The smallest absolute Gasteiger partial charge is 0.317 e. The van der Waals surface area contributed by atoms with Crippen LogP contribution in [0.5, 0.6) is 0 Å². The van der Waals surface area contributed by atoms with E-state index in [0.29, 0.717) is 13.0 Å². The number of likely N-dealkylation sites (tertiary alicyclic amines) is 2. The molecule has 2 fully saturated rings. The van der Waals surface area contributed by atoms with E-state index >= 15 is 0 Å². The summed E-state index contributed by atoms with van der Waals surface area (Å²) in [5.41, 5.74) is 0. The van der Waals surface area contributed by atoms with Gasteiger partial charge < -0.3 is 20.2 Å². The van der Waals surface area contributed by atoms with Gasteiger partial charge in [-0.3, -0.25) is 4.79 Å². The number of carbonyl (C=O) groups excluding carboxylic acids is 1. The van der Waals surface area contributed by atoms with E-state index in [9.17, 15) is 9.59 Å². The van der Waals surface area contributed by atoms with Crippen molar-refractivity contribution in [3.05, 3.63) is 0 Å². The van der Waals surface area contributed by atoms with Gasteiger partial charge >= 0.3 is 12.0 Å². The lowest BCUT2D eigenvalue weighted by atomic mass is 10.0. The fourth-order valence-corrected chi connectivity index (χ4v) is 3.25. The van der Waals surface area contributed by atoms with Crippen molar-refractivity contribution in [3.8, 4) is 0 Å². The monoisotopic (exact) mass is 283 g/mol. The van der Waals surface area contributed by atoms with Gasteiger partial charge in [0.05, 0.1) is 5.92 Å². The molecule has 0 saturated carbocycles. The molecule has 114 valence electrons. The fraction of sp³-hybridized carbons (Fsp3) is 0.857. The summed E-state index contributed by atoms with van der Waals surface area (Å²) in [6.45, 7) is 7.45. The topological polar surface area (TPSA) is 72.9 Å². The molecule has 2 saturated heterocycles. The third-order valence-corrected chi connectivity index (χ3v) is 4.43. The summed E-state index contributed by atoms with van der Waals surface area (Å²) in [4.78, 5) is 27.3. The predicted molar refractivity (Wildman–Crippen MR) is 75.6 cm³/mol. The lowest BCUT2D eigenvalue weighted by Gasteiger charge is -2.27. The van der Waals surface area contributed by atoms with E-state index in [2.05, 4.69) is 10.2 Å². The van der Waals surface area contributed by atoms with Crippen LogP contribution < -0.4 is 5.32 Å². The zero-order chi connectivity index (χ0) is 14.7. The molecule has 0 aromatic carbocycles. The number of urea groups is 1. The maximum atomic E-state index is 12.2. The van der Waals surface area contributed by atoms with Crippen LogP contribution in [0.2, 0.25) is 0 Å². The van der Waals surface area contributed by atoms with Gasteiger partial charge in [0, 0.05) is 25.2 Å². The van der Waals surface area contributed by atoms with Gasteiger partial charge in [0.1, 0.15) is 0 Å². The predicted octanol–water partition coefficient (Wildman–Crippen LogP) is 0.975. The van der Waals surface area contributed by atoms with Gasteiger partial charge in [-0.25, -0.2) is 4.79 Å². The number of rotatable bonds is 4. The van der Waals surface area contributed by atoms with Crippen molar-refractivity contribution in [1.82, 2.24) is 15.1 Å². The SMILES string of the molecule is CC(CN1CCCC1)NC(=O)N1CCC(C(=O)O)C1C. The summed E-state index contributed by atoms with van der Waals surface area (Å²) in [5.74, 6) is -1.24. The van der Waals surface area contributed by atoms with Crippen LogP contribution in [0.15, 0.2) is 0 Å². The molecule has 2 N–H and O–H groups in total. The molecule has 3 unspecified atom stereocenters. The molecule has 2 aliphatic heterocycles. The van der Waals surface area contributed by atoms with E-state index in [1.54, 1.807) is 4.90 Å². The van der Waals surface area contributed by atoms with Gasteiger partial charge in [0.15, 0.2) is 0 Å². The maximum Gasteiger partial charge on any atom is 0.317 e. The normalized spacial score (nSPS) is 28.6. The average Bonchev–Trinajstić information content (AvgIpc) is 2.97. The molecule has 6 heteroatoms. The number of carbonyl (C=O) groups is 2. The molecule has 20 heavy (non-hydrogen) atoms. The molecule has 2 amide bonds. The second-order valence-electron chi connectivity index (χ2n) is 6.03. The summed E-state index contributed by atoms with van der Waals surface area (Å²) in [6.07, 6.45) is 3.03. The zero-order valence-corrected chi connectivity index (χ0v) is 12.3. The van der Waals surface area contributed by atoms with Crippen LogP contribution >= 0.6 is 0 Å². The standard InChI is InChI=1S/C14H25N3O3/c1-10(9-16-6-3-4-7-16)15-14(20)17-8-5-12(11(17)2)13(18)19/h10-12H,3-9H2,1-2H3,(H,15,20)(H,18,19). The Balaban J connectivity index is 1.80. The number of amides is 2. The highest BCUT2D eigenvalue weighted by atomic mass is 16.4. The van der Waals surface area contributed by atoms with Crippen LogP contribution in [-0.4, -0.2) is 65.2 Å². The second-order valence-corrected chi connectivity index (χ2v) is 6.03. The highest BCUT2D eigenvalue weighted by molar-refractivity contribution is 5.78. The maximum absolute atomic E-state index is 12.2. The Labute approximate surface area is 120 Å². The first-order valence-corrected chi connectivity index (χ1v) is 7.51. The van der Waals surface area contributed by atoms with E-state index in [0.717, 1.165) is 19.6 Å². The van der Waals surface area contributed by atoms with Gasteiger partial charge in [-0.05, 0) is 46.2 Å². The van der Waals surface area contributed by atoms with Gasteiger partial charge in [0.2, 0.25) is 0 Å². The van der Waals surface area contributed by atoms with E-state index in [4.69, 9.17) is 5.11 Å². The minimum absolute atomic E-state index is 0.0941. The molecule has 0 aromatic heterocycles. The number of carboxylic acids is 1. The molecular weight excluding hydrogens is 258 g/mol. The van der Waals surface area contributed by atoms with Crippen molar-refractivity contribution in [3.63, 3.8) is 0 Å². The number of carboxylic acid groups (broad SMARTS) is 1. The molecule has 0 aromatic rings. The Kier molecular flexibility index (Phi) is 4.86. The fourth-order valence-electron chi connectivity index (χ4n) is 3.25. The third kappa shape index (κ3) is 3.42. The highest BCUT2D eigenvalue weighted by Gasteiger charge is 2.38. The van der Waals surface area contributed by atoms with Crippen LogP contribution in [0.4, 0.5) is 4.79 Å². The van der Waals surface area contributed by atoms with Crippen LogP contribution in [-0.2, 0) is 4.79 Å². The Morgan fingerprint density at radius 1 is 1.30 bits per heavy atom. The quantitative estimate of drug-likeness (QED) is 0.806. The number of nitrogens with zero attached hydrogens (tertiary/aromatic N) is 2. The van der Waals surface area contributed by atoms with Crippen molar-refractivity contribution in [2.75, 3.05) is 26.2 Å². The van der Waals surface area contributed by atoms with Gasteiger partial charge in [-0.15, -0.1) is 0 Å². The summed E-state index contributed by atoms with van der Waals surface area (Å²) >= 11 is 0. The summed E-state index contributed by atoms with van der Waals surface area (Å²) in [6, 6.07) is -0.267. The first-order valence-electron chi connectivity index (χ1n) is 7.51. The van der Waals surface area contributed by atoms with Gasteiger partial charge in [0.25, 0.3) is 0 Å². The van der Waals surface area contributed by atoms with Crippen molar-refractivity contribution in [2.24, 2.45) is 5.92 Å². The van der Waals surface area contributed by atoms with E-state index in [1.165, 1.54) is 12.8 Å². The zero-order valence-electron chi connectivity index (χ0n) is 12.3. The van der Waals surface area contributed by atoms with Gasteiger partial charge in [-0.1, -0.05) is 0 Å². The molecule has 0 radical (unpaired) electrons. The molecule has 6 nitrogen and oxygen atoms in total. The number of hydrogen-bond donors (Lipinski definition) is 2. The van der Waals surface area contributed by atoms with Crippen LogP contribution in [0.3, 0.4) is 0 Å². The van der Waals surface area contributed by atoms with Gasteiger partial charge in [-0.2, -0.15) is 0 Å². The van der Waals surface area contributed by atoms with Crippen molar-refractivity contribution in [1.29, 1.82) is 0 Å². The van der Waals surface area contributed by atoms with Crippen molar-refractivity contribution in [2.45, 2.75) is 45.2 Å². The number of nitrogens with one attached hydrogen (secondary N) is 1. The number of hydrogen-bond acceptors (Lipinski definition) is 3. The largest absolute Gasteiger partial charge is 0.481 e. The molecule has 0 spiro atoms. The highest BCUT2D eigenvalue weighted by Crippen LogP contribution is 2.24. The molecule has 2 aliphatic rings. The van der Waals surface area contributed by atoms with E-state index in [-0.39, 0.29) is 18.1 Å². The van der Waals surface area contributed by atoms with Crippen LogP contribution in [0.25, 0.3) is 0 Å². The van der Waals surface area contributed by atoms with Crippen molar-refractivity contribution >= 4 is 12.0 Å². The number of aliphatic carboxylic acids is 1. The third-order valence-electron chi connectivity index (χ3n) is 4.43. The Morgan fingerprint density at radius 3 is 2.50 bits per heavy atom. The first kappa shape index (κ1) is 15.1. The Hall–Kier alpha value is -1.30. The van der Waals surface area contributed by atoms with E-state index < -0.39 is 11.9 Å². The van der Waals surface area contributed by atoms with E-state index in [1.807, 2.05) is 13.8 Å². The molecule has 2 rings (SSSR count). The molecular formula is C14H25N3O3. The molecule has 0 bridgehead atoms. The summed E-state index contributed by atoms with van der Waals surface area (Å²) < 4.78 is 0. The molecule has 3 atom stereocenters. The van der Waals surface area contributed by atoms with Crippen molar-refractivity contribution < 1.29 is 14.7 Å². The lowest BCUT2D eigenvalue weighted by Crippen LogP contribution is -2.49. The van der Waals surface area contributed by atoms with Crippen LogP contribution in [0.1, 0.15) is 33.1 Å². The minimum Gasteiger partial charge on any atom is -0.481 e. The second kappa shape index (κ2) is 6.43. The minimum atomic E-state index is -0.807. The average molecular weight is 283 g/mol. The molecule has 0 aliphatic carbocycles. The summed E-state index contributed by atoms with van der Waals surface area (Å²) in [7, 11) is 0. The first-order chi connectivity index (χ1) is 9.49. The lowest BCUT2D eigenvalue weighted by molar-refractivity contribution is -0.142. The Morgan fingerprint density at radius 2 is 1.95 bits per heavy atom. The Bertz CT molecular complexity index is 369. The van der Waals surface area contributed by atoms with Crippen LogP contribution in [0, 0.1) is 5.92 Å².